The molecule has 0 aromatic rings. The summed E-state index contributed by atoms with van der Waals surface area (Å²) in [5.41, 5.74) is 0. The predicted molar refractivity (Wildman–Crippen MR) is 51.7 cm³/mol. The van der Waals surface area contributed by atoms with Gasteiger partial charge in [0.1, 0.15) is 6.04 Å². The number of carboxylic acids is 1. The lowest BCUT2D eigenvalue weighted by Gasteiger charge is -2.26. The lowest BCUT2D eigenvalue weighted by Crippen LogP contribution is -2.43. The molecular formula is C10H16N2O2. The second-order valence-electron chi connectivity index (χ2n) is 3.67. The molecule has 1 fully saturated rings. The first-order valence-corrected chi connectivity index (χ1v) is 5.08. The number of aliphatic carboxylic acids is 1. The Morgan fingerprint density at radius 2 is 2.50 bits per heavy atom. The maximum atomic E-state index is 11.0. The molecule has 1 saturated heterocycles. The van der Waals surface area contributed by atoms with E-state index >= 15 is 0 Å². The Balaban J connectivity index is 2.67. The van der Waals surface area contributed by atoms with E-state index in [4.69, 9.17) is 10.4 Å². The van der Waals surface area contributed by atoms with Crippen molar-refractivity contribution in [2.24, 2.45) is 0 Å². The summed E-state index contributed by atoms with van der Waals surface area (Å²) in [7, 11) is 0. The zero-order valence-electron chi connectivity index (χ0n) is 8.44. The van der Waals surface area contributed by atoms with E-state index in [1.807, 2.05) is 11.8 Å². The molecule has 1 N–H and O–H groups in total. The second kappa shape index (κ2) is 4.97. The smallest absolute Gasteiger partial charge is 0.320 e. The minimum Gasteiger partial charge on any atom is -0.480 e. The molecule has 0 aliphatic carbocycles. The van der Waals surface area contributed by atoms with Gasteiger partial charge in [0.2, 0.25) is 0 Å². The average molecular weight is 196 g/mol. The Labute approximate surface area is 84.1 Å². The molecule has 0 amide bonds. The Bertz CT molecular complexity index is 247. The Hall–Kier alpha value is -1.08. The van der Waals surface area contributed by atoms with Crippen LogP contribution in [0, 0.1) is 11.3 Å². The van der Waals surface area contributed by atoms with Gasteiger partial charge >= 0.3 is 5.97 Å². The van der Waals surface area contributed by atoms with Crippen molar-refractivity contribution in [2.75, 3.05) is 6.54 Å². The Morgan fingerprint density at radius 3 is 3.00 bits per heavy atom. The molecule has 0 radical (unpaired) electrons. The lowest BCUT2D eigenvalue weighted by atomic mass is 10.1. The van der Waals surface area contributed by atoms with Gasteiger partial charge in [-0.05, 0) is 19.3 Å². The molecule has 0 bridgehead atoms. The number of carbonyl (C=O) groups is 1. The molecule has 1 heterocycles. The molecule has 1 aliphatic heterocycles. The van der Waals surface area contributed by atoms with E-state index in [1.165, 1.54) is 0 Å². The summed E-state index contributed by atoms with van der Waals surface area (Å²) in [4.78, 5) is 12.8. The van der Waals surface area contributed by atoms with Gasteiger partial charge in [-0.2, -0.15) is 5.26 Å². The van der Waals surface area contributed by atoms with Gasteiger partial charge in [-0.3, -0.25) is 9.69 Å². The third-order valence-corrected chi connectivity index (χ3v) is 2.69. The SMILES string of the molecule is CCCC(C(=O)O)N1CCCC1C#N. The largest absolute Gasteiger partial charge is 0.480 e. The van der Waals surface area contributed by atoms with E-state index in [0.717, 1.165) is 25.8 Å². The van der Waals surface area contributed by atoms with Crippen LogP contribution in [0.5, 0.6) is 0 Å². The van der Waals surface area contributed by atoms with Crippen LogP contribution in [0.2, 0.25) is 0 Å². The van der Waals surface area contributed by atoms with Crippen molar-refractivity contribution in [3.8, 4) is 6.07 Å². The minimum absolute atomic E-state index is 0.192. The fourth-order valence-electron chi connectivity index (χ4n) is 2.01. The maximum absolute atomic E-state index is 11.0. The molecule has 0 aromatic carbocycles. The minimum atomic E-state index is -0.797. The van der Waals surface area contributed by atoms with Crippen LogP contribution in [0.4, 0.5) is 0 Å². The summed E-state index contributed by atoms with van der Waals surface area (Å²) < 4.78 is 0. The molecule has 78 valence electrons. The zero-order chi connectivity index (χ0) is 10.6. The van der Waals surface area contributed by atoms with Crippen LogP contribution >= 0.6 is 0 Å². The van der Waals surface area contributed by atoms with Crippen molar-refractivity contribution in [2.45, 2.75) is 44.7 Å². The molecule has 2 unspecified atom stereocenters. The highest BCUT2D eigenvalue weighted by atomic mass is 16.4. The summed E-state index contributed by atoms with van der Waals surface area (Å²) in [5, 5.41) is 17.9. The standard InChI is InChI=1S/C10H16N2O2/c1-2-4-9(10(13)14)12-6-3-5-8(12)7-11/h8-9H,2-6H2,1H3,(H,13,14). The van der Waals surface area contributed by atoms with Crippen LogP contribution in [0.1, 0.15) is 32.6 Å². The van der Waals surface area contributed by atoms with Crippen molar-refractivity contribution in [1.29, 1.82) is 5.26 Å². The van der Waals surface area contributed by atoms with E-state index in [2.05, 4.69) is 6.07 Å². The van der Waals surface area contributed by atoms with Crippen molar-refractivity contribution < 1.29 is 9.90 Å². The molecule has 14 heavy (non-hydrogen) atoms. The monoisotopic (exact) mass is 196 g/mol. The predicted octanol–water partition coefficient (Wildman–Crippen LogP) is 1.23. The number of rotatable bonds is 4. The summed E-state index contributed by atoms with van der Waals surface area (Å²) >= 11 is 0. The summed E-state index contributed by atoms with van der Waals surface area (Å²) in [6.07, 6.45) is 3.22. The van der Waals surface area contributed by atoms with E-state index in [1.54, 1.807) is 0 Å². The highest BCUT2D eigenvalue weighted by molar-refractivity contribution is 5.73. The van der Waals surface area contributed by atoms with Crippen LogP contribution in [0.3, 0.4) is 0 Å². The van der Waals surface area contributed by atoms with E-state index in [9.17, 15) is 4.79 Å². The van der Waals surface area contributed by atoms with Crippen molar-refractivity contribution in [3.63, 3.8) is 0 Å². The van der Waals surface area contributed by atoms with Gasteiger partial charge in [0.15, 0.2) is 0 Å². The van der Waals surface area contributed by atoms with Gasteiger partial charge in [-0.15, -0.1) is 0 Å². The number of nitrogens with zero attached hydrogens (tertiary/aromatic N) is 2. The number of carboxylic acid groups (broad SMARTS) is 1. The number of hydrogen-bond donors (Lipinski definition) is 1. The van der Waals surface area contributed by atoms with Crippen molar-refractivity contribution in [3.05, 3.63) is 0 Å². The molecule has 1 rings (SSSR count). The van der Waals surface area contributed by atoms with Crippen molar-refractivity contribution in [1.82, 2.24) is 4.90 Å². The van der Waals surface area contributed by atoms with Crippen LogP contribution in [-0.4, -0.2) is 34.6 Å². The van der Waals surface area contributed by atoms with Gasteiger partial charge in [0, 0.05) is 6.54 Å². The first kappa shape index (κ1) is 11.0. The number of hydrogen-bond acceptors (Lipinski definition) is 3. The van der Waals surface area contributed by atoms with E-state index in [-0.39, 0.29) is 6.04 Å². The summed E-state index contributed by atoms with van der Waals surface area (Å²) in [6.45, 7) is 2.71. The van der Waals surface area contributed by atoms with Gasteiger partial charge in [-0.1, -0.05) is 13.3 Å². The lowest BCUT2D eigenvalue weighted by molar-refractivity contribution is -0.143. The quantitative estimate of drug-likeness (QED) is 0.734. The Kier molecular flexibility index (Phi) is 3.90. The molecule has 0 spiro atoms. The molecule has 0 aromatic heterocycles. The third kappa shape index (κ3) is 2.24. The fraction of sp³-hybridized carbons (Fsp3) is 0.800. The van der Waals surface area contributed by atoms with Gasteiger partial charge in [-0.25, -0.2) is 0 Å². The molecule has 4 nitrogen and oxygen atoms in total. The van der Waals surface area contributed by atoms with E-state index < -0.39 is 12.0 Å². The topological polar surface area (TPSA) is 64.3 Å². The zero-order valence-corrected chi connectivity index (χ0v) is 8.44. The van der Waals surface area contributed by atoms with Crippen LogP contribution in [0.25, 0.3) is 0 Å². The van der Waals surface area contributed by atoms with Crippen LogP contribution < -0.4 is 0 Å². The number of likely N-dealkylation sites (tertiary alicyclic amines) is 1. The fourth-order valence-corrected chi connectivity index (χ4v) is 2.01. The molecule has 2 atom stereocenters. The van der Waals surface area contributed by atoms with Gasteiger partial charge in [0.05, 0.1) is 12.1 Å². The van der Waals surface area contributed by atoms with Crippen LogP contribution in [0.15, 0.2) is 0 Å². The molecule has 0 saturated carbocycles. The van der Waals surface area contributed by atoms with Crippen molar-refractivity contribution >= 4 is 5.97 Å². The molecule has 4 heteroatoms. The third-order valence-electron chi connectivity index (χ3n) is 2.69. The molecule has 1 aliphatic rings. The Morgan fingerprint density at radius 1 is 1.79 bits per heavy atom. The van der Waals surface area contributed by atoms with Crippen LogP contribution in [-0.2, 0) is 4.79 Å². The summed E-state index contributed by atoms with van der Waals surface area (Å²) in [5.74, 6) is -0.797. The maximum Gasteiger partial charge on any atom is 0.320 e. The van der Waals surface area contributed by atoms with Gasteiger partial charge in [0.25, 0.3) is 0 Å². The highest BCUT2D eigenvalue weighted by Crippen LogP contribution is 2.21. The molecular weight excluding hydrogens is 180 g/mol. The highest BCUT2D eigenvalue weighted by Gasteiger charge is 2.33. The average Bonchev–Trinajstić information content (AvgIpc) is 2.61. The number of nitriles is 1. The van der Waals surface area contributed by atoms with Gasteiger partial charge < -0.3 is 5.11 Å². The first-order valence-electron chi connectivity index (χ1n) is 5.08. The second-order valence-corrected chi connectivity index (χ2v) is 3.67. The summed E-state index contributed by atoms with van der Waals surface area (Å²) in [6, 6.07) is 1.51. The normalized spacial score (nSPS) is 24.4. The van der Waals surface area contributed by atoms with E-state index in [0.29, 0.717) is 6.42 Å². The first-order chi connectivity index (χ1) is 6.70.